The van der Waals surface area contributed by atoms with Gasteiger partial charge in [-0.25, -0.2) is 0 Å². The van der Waals surface area contributed by atoms with Gasteiger partial charge in [0.2, 0.25) is 0 Å². The van der Waals surface area contributed by atoms with Gasteiger partial charge < -0.3 is 11.5 Å². The first kappa shape index (κ1) is 6.98. The lowest BCUT2D eigenvalue weighted by molar-refractivity contribution is 1.71. The molecule has 2 heteroatoms. The van der Waals surface area contributed by atoms with Crippen molar-refractivity contribution >= 4 is 22.1 Å². The van der Waals surface area contributed by atoms with Gasteiger partial charge in [0.25, 0.3) is 0 Å². The summed E-state index contributed by atoms with van der Waals surface area (Å²) in [6.07, 6.45) is 0. The van der Waals surface area contributed by atoms with Crippen LogP contribution in [0.3, 0.4) is 0 Å². The minimum absolute atomic E-state index is 0.785. The van der Waals surface area contributed by atoms with E-state index < -0.39 is 0 Å². The average molecular weight is 158 g/mol. The largest absolute Gasteiger partial charge is 0.399 e. The molecule has 60 valence electrons. The molecule has 0 unspecified atom stereocenters. The number of fused-ring (bicyclic) bond motifs is 1. The monoisotopic (exact) mass is 158 g/mol. The quantitative estimate of drug-likeness (QED) is 0.576. The first-order chi connectivity index (χ1) is 5.75. The molecule has 2 aromatic rings. The second-order valence-electron chi connectivity index (χ2n) is 2.87. The van der Waals surface area contributed by atoms with Gasteiger partial charge in [0.15, 0.2) is 0 Å². The summed E-state index contributed by atoms with van der Waals surface area (Å²) in [4.78, 5) is 0. The average Bonchev–Trinajstić information content (AvgIpc) is 2.05. The molecule has 0 heterocycles. The Hall–Kier alpha value is -1.70. The first-order valence-corrected chi connectivity index (χ1v) is 3.80. The predicted molar refractivity (Wildman–Crippen MR) is 52.8 cm³/mol. The molecule has 0 aliphatic heterocycles. The summed E-state index contributed by atoms with van der Waals surface area (Å²) >= 11 is 0. The Morgan fingerprint density at radius 2 is 1.08 bits per heavy atom. The van der Waals surface area contributed by atoms with Crippen molar-refractivity contribution in [3.63, 3.8) is 0 Å². The normalized spacial score (nSPS) is 10.3. The molecule has 12 heavy (non-hydrogen) atoms. The van der Waals surface area contributed by atoms with Gasteiger partial charge in [0.05, 0.1) is 0 Å². The maximum atomic E-state index is 5.63. The minimum atomic E-state index is 0.785. The molecule has 0 saturated carbocycles. The van der Waals surface area contributed by atoms with Crippen LogP contribution in [0, 0.1) is 0 Å². The van der Waals surface area contributed by atoms with Crippen LogP contribution in [0.2, 0.25) is 0 Å². The zero-order chi connectivity index (χ0) is 8.55. The molecule has 2 nitrogen and oxygen atoms in total. The summed E-state index contributed by atoms with van der Waals surface area (Å²) < 4.78 is 0. The van der Waals surface area contributed by atoms with Crippen molar-refractivity contribution in [2.45, 2.75) is 0 Å². The molecule has 0 radical (unpaired) electrons. The zero-order valence-electron chi connectivity index (χ0n) is 6.62. The molecule has 4 N–H and O–H groups in total. The smallest absolute Gasteiger partial charge is 0.0320 e. The van der Waals surface area contributed by atoms with Gasteiger partial charge in [-0.15, -0.1) is 0 Å². The Bertz CT molecular complexity index is 380. The maximum absolute atomic E-state index is 5.63. The van der Waals surface area contributed by atoms with E-state index in [1.54, 1.807) is 0 Å². The third-order valence-corrected chi connectivity index (χ3v) is 1.89. The van der Waals surface area contributed by atoms with Crippen molar-refractivity contribution in [2.24, 2.45) is 0 Å². The van der Waals surface area contributed by atoms with Crippen LogP contribution in [-0.4, -0.2) is 0 Å². The highest BCUT2D eigenvalue weighted by Gasteiger charge is 1.93. The topological polar surface area (TPSA) is 52.0 Å². The number of nitrogens with two attached hydrogens (primary N) is 2. The first-order valence-electron chi connectivity index (χ1n) is 3.80. The Morgan fingerprint density at radius 3 is 1.50 bits per heavy atom. The lowest BCUT2D eigenvalue weighted by Gasteiger charge is -1.99. The molecule has 0 fully saturated rings. The number of anilines is 2. The summed E-state index contributed by atoms with van der Waals surface area (Å²) in [6.45, 7) is 0. The van der Waals surface area contributed by atoms with Crippen LogP contribution in [0.5, 0.6) is 0 Å². The minimum Gasteiger partial charge on any atom is -0.399 e. The molecule has 2 aromatic carbocycles. The maximum Gasteiger partial charge on any atom is 0.0320 e. The van der Waals surface area contributed by atoms with E-state index in [-0.39, 0.29) is 0 Å². The van der Waals surface area contributed by atoms with E-state index in [0.29, 0.717) is 0 Å². The number of nitrogen functional groups attached to an aromatic ring is 2. The fourth-order valence-corrected chi connectivity index (χ4v) is 1.28. The van der Waals surface area contributed by atoms with Gasteiger partial charge >= 0.3 is 0 Å². The van der Waals surface area contributed by atoms with E-state index in [1.165, 1.54) is 0 Å². The van der Waals surface area contributed by atoms with Gasteiger partial charge in [0.1, 0.15) is 0 Å². The van der Waals surface area contributed by atoms with E-state index in [9.17, 15) is 0 Å². The highest BCUT2D eigenvalue weighted by Crippen LogP contribution is 2.19. The van der Waals surface area contributed by atoms with E-state index in [4.69, 9.17) is 11.5 Å². The number of hydrogen-bond acceptors (Lipinski definition) is 2. The fourth-order valence-electron chi connectivity index (χ4n) is 1.28. The number of hydrogen-bond donors (Lipinski definition) is 2. The van der Waals surface area contributed by atoms with Crippen molar-refractivity contribution in [3.05, 3.63) is 36.4 Å². The SMILES string of the molecule is Nc1ccc2cc(N)ccc2c1. The summed E-state index contributed by atoms with van der Waals surface area (Å²) in [6, 6.07) is 11.6. The highest BCUT2D eigenvalue weighted by atomic mass is 14.5. The molecule has 0 saturated heterocycles. The molecule has 2 rings (SSSR count). The van der Waals surface area contributed by atoms with Gasteiger partial charge in [-0.3, -0.25) is 0 Å². The molecule has 0 bridgehead atoms. The van der Waals surface area contributed by atoms with Crippen LogP contribution in [-0.2, 0) is 0 Å². The van der Waals surface area contributed by atoms with E-state index in [0.717, 1.165) is 22.1 Å². The Balaban J connectivity index is 2.79. The van der Waals surface area contributed by atoms with Crippen molar-refractivity contribution in [2.75, 3.05) is 11.5 Å². The van der Waals surface area contributed by atoms with Gasteiger partial charge in [-0.05, 0) is 35.0 Å². The summed E-state index contributed by atoms with van der Waals surface area (Å²) in [7, 11) is 0. The third-order valence-electron chi connectivity index (χ3n) is 1.89. The predicted octanol–water partition coefficient (Wildman–Crippen LogP) is 2.00. The third kappa shape index (κ3) is 1.07. The second-order valence-corrected chi connectivity index (χ2v) is 2.87. The van der Waals surface area contributed by atoms with Crippen molar-refractivity contribution in [1.29, 1.82) is 0 Å². The van der Waals surface area contributed by atoms with E-state index >= 15 is 0 Å². The van der Waals surface area contributed by atoms with Crippen molar-refractivity contribution < 1.29 is 0 Å². The van der Waals surface area contributed by atoms with Crippen LogP contribution in [0.1, 0.15) is 0 Å². The molecule has 0 spiro atoms. The molecule has 0 aliphatic carbocycles. The fraction of sp³-hybridized carbons (Fsp3) is 0. The highest BCUT2D eigenvalue weighted by molar-refractivity contribution is 5.87. The number of benzene rings is 2. The van der Waals surface area contributed by atoms with Crippen LogP contribution < -0.4 is 11.5 Å². The Kier molecular flexibility index (Phi) is 1.40. The van der Waals surface area contributed by atoms with E-state index in [2.05, 4.69) is 0 Å². The lowest BCUT2D eigenvalue weighted by atomic mass is 10.1. The van der Waals surface area contributed by atoms with Gasteiger partial charge in [0, 0.05) is 11.4 Å². The Labute approximate surface area is 70.8 Å². The van der Waals surface area contributed by atoms with Crippen LogP contribution >= 0.6 is 0 Å². The van der Waals surface area contributed by atoms with E-state index in [1.807, 2.05) is 36.4 Å². The molecule has 0 aliphatic rings. The van der Waals surface area contributed by atoms with Crippen LogP contribution in [0.25, 0.3) is 10.8 Å². The Morgan fingerprint density at radius 1 is 0.667 bits per heavy atom. The molecular formula is C10H10N2. The van der Waals surface area contributed by atoms with Crippen molar-refractivity contribution in [1.82, 2.24) is 0 Å². The standard InChI is InChI=1S/C10H10N2/c11-9-3-1-7-5-10(12)4-2-8(7)6-9/h1-6H,11-12H2. The summed E-state index contributed by atoms with van der Waals surface area (Å²) in [5.41, 5.74) is 12.8. The summed E-state index contributed by atoms with van der Waals surface area (Å²) in [5, 5.41) is 2.26. The van der Waals surface area contributed by atoms with Crippen LogP contribution in [0.4, 0.5) is 11.4 Å². The zero-order valence-corrected chi connectivity index (χ0v) is 6.62. The van der Waals surface area contributed by atoms with Crippen LogP contribution in [0.15, 0.2) is 36.4 Å². The van der Waals surface area contributed by atoms with Gasteiger partial charge in [-0.1, -0.05) is 12.1 Å². The molecular weight excluding hydrogens is 148 g/mol. The summed E-state index contributed by atoms with van der Waals surface area (Å²) in [5.74, 6) is 0. The van der Waals surface area contributed by atoms with Gasteiger partial charge in [-0.2, -0.15) is 0 Å². The number of rotatable bonds is 0. The molecule has 0 atom stereocenters. The van der Waals surface area contributed by atoms with Crippen molar-refractivity contribution in [3.8, 4) is 0 Å². The molecule has 0 aromatic heterocycles. The second kappa shape index (κ2) is 2.41. The molecule has 0 amide bonds. The lowest BCUT2D eigenvalue weighted by Crippen LogP contribution is -1.86.